The van der Waals surface area contributed by atoms with Crippen molar-refractivity contribution in [3.63, 3.8) is 0 Å². The van der Waals surface area contributed by atoms with Crippen LogP contribution >= 0.6 is 11.6 Å². The van der Waals surface area contributed by atoms with Gasteiger partial charge in [-0.15, -0.1) is 0 Å². The normalized spacial score (nSPS) is 15.8. The van der Waals surface area contributed by atoms with Crippen molar-refractivity contribution < 1.29 is 4.52 Å². The van der Waals surface area contributed by atoms with Crippen molar-refractivity contribution in [2.75, 3.05) is 31.1 Å². The molecule has 0 saturated carbocycles. The van der Waals surface area contributed by atoms with E-state index < -0.39 is 0 Å². The van der Waals surface area contributed by atoms with E-state index in [1.54, 1.807) is 13.0 Å². The minimum atomic E-state index is 0.267. The number of halogens is 1. The maximum atomic E-state index is 9.00. The van der Waals surface area contributed by atoms with Crippen LogP contribution in [0.2, 0.25) is 5.02 Å². The molecule has 0 aliphatic carbocycles. The van der Waals surface area contributed by atoms with E-state index in [-0.39, 0.29) is 5.69 Å². The van der Waals surface area contributed by atoms with Crippen molar-refractivity contribution in [2.45, 2.75) is 13.5 Å². The van der Waals surface area contributed by atoms with Gasteiger partial charge in [0, 0.05) is 33.1 Å². The highest BCUT2D eigenvalue weighted by atomic mass is 35.5. The van der Waals surface area contributed by atoms with Crippen LogP contribution in [-0.4, -0.2) is 46.2 Å². The van der Waals surface area contributed by atoms with E-state index in [1.165, 1.54) is 0 Å². The summed E-state index contributed by atoms with van der Waals surface area (Å²) in [5, 5.41) is 13.3. The van der Waals surface area contributed by atoms with Crippen LogP contribution in [0.5, 0.6) is 0 Å². The van der Waals surface area contributed by atoms with Gasteiger partial charge in [-0.25, -0.2) is 4.98 Å². The second-order valence-electron chi connectivity index (χ2n) is 5.10. The lowest BCUT2D eigenvalue weighted by Crippen LogP contribution is -2.46. The molecule has 7 nitrogen and oxygen atoms in total. The number of aromatic nitrogens is 3. The first-order valence-corrected chi connectivity index (χ1v) is 7.36. The summed E-state index contributed by atoms with van der Waals surface area (Å²) >= 11 is 5.92. The molecule has 3 rings (SSSR count). The topological polar surface area (TPSA) is 82.1 Å². The molecule has 1 saturated heterocycles. The van der Waals surface area contributed by atoms with E-state index >= 15 is 0 Å². The van der Waals surface area contributed by atoms with E-state index in [9.17, 15) is 0 Å². The predicted octanol–water partition coefficient (Wildman–Crippen LogP) is 1.62. The lowest BCUT2D eigenvalue weighted by Gasteiger charge is -2.34. The quantitative estimate of drug-likeness (QED) is 0.850. The van der Waals surface area contributed by atoms with Crippen molar-refractivity contribution in [3.05, 3.63) is 34.6 Å². The van der Waals surface area contributed by atoms with Crippen molar-refractivity contribution >= 4 is 17.4 Å². The maximum absolute atomic E-state index is 9.00. The molecule has 2 aromatic rings. The summed E-state index contributed by atoms with van der Waals surface area (Å²) in [6.07, 6.45) is 0. The number of nitrogens with zero attached hydrogens (tertiary/aromatic N) is 6. The molecule has 1 aliphatic heterocycles. The van der Waals surface area contributed by atoms with Crippen LogP contribution in [0.25, 0.3) is 0 Å². The summed E-state index contributed by atoms with van der Waals surface area (Å²) < 4.78 is 4.98. The third-order valence-electron chi connectivity index (χ3n) is 3.57. The third-order valence-corrected chi connectivity index (χ3v) is 3.87. The number of pyridine rings is 1. The lowest BCUT2D eigenvalue weighted by atomic mass is 10.3. The molecule has 2 aromatic heterocycles. The maximum Gasteiger partial charge on any atom is 0.223 e. The minimum Gasteiger partial charge on any atom is -0.354 e. The summed E-state index contributed by atoms with van der Waals surface area (Å²) in [6.45, 7) is 5.88. The van der Waals surface area contributed by atoms with Crippen molar-refractivity contribution in [3.8, 4) is 6.07 Å². The highest BCUT2D eigenvalue weighted by Crippen LogP contribution is 2.20. The fraction of sp³-hybridized carbons (Fsp3) is 0.429. The van der Waals surface area contributed by atoms with E-state index in [0.717, 1.165) is 32.0 Å². The summed E-state index contributed by atoms with van der Waals surface area (Å²) in [5.74, 6) is 2.08. The molecule has 0 unspecified atom stereocenters. The fourth-order valence-electron chi connectivity index (χ4n) is 2.43. The van der Waals surface area contributed by atoms with Crippen LogP contribution in [0.4, 0.5) is 5.82 Å². The molecular weight excluding hydrogens is 304 g/mol. The van der Waals surface area contributed by atoms with Gasteiger partial charge in [0.15, 0.2) is 11.5 Å². The van der Waals surface area contributed by atoms with Gasteiger partial charge >= 0.3 is 0 Å². The monoisotopic (exact) mass is 318 g/mol. The molecule has 1 aliphatic rings. The van der Waals surface area contributed by atoms with E-state index in [2.05, 4.69) is 24.9 Å². The van der Waals surface area contributed by atoms with Gasteiger partial charge in [0.2, 0.25) is 5.89 Å². The summed E-state index contributed by atoms with van der Waals surface area (Å²) in [6, 6.07) is 5.58. The largest absolute Gasteiger partial charge is 0.354 e. The number of rotatable bonds is 3. The smallest absolute Gasteiger partial charge is 0.223 e. The van der Waals surface area contributed by atoms with Crippen LogP contribution in [0.1, 0.15) is 17.4 Å². The number of aryl methyl sites for hydroxylation is 1. The highest BCUT2D eigenvalue weighted by Gasteiger charge is 2.20. The second kappa shape index (κ2) is 6.30. The Labute approximate surface area is 133 Å². The molecule has 0 N–H and O–H groups in total. The number of nitriles is 1. The highest BCUT2D eigenvalue weighted by molar-refractivity contribution is 6.31. The molecular formula is C14H15ClN6O. The standard InChI is InChI=1S/C14H15ClN6O/c1-10-17-13(19-22-10)9-20-4-6-21(7-5-20)14-3-2-11(15)12(8-16)18-14/h2-3H,4-7,9H2,1H3. The molecule has 8 heteroatoms. The van der Waals surface area contributed by atoms with E-state index in [4.69, 9.17) is 21.4 Å². The number of piperazine rings is 1. The first-order chi connectivity index (χ1) is 10.7. The van der Waals surface area contributed by atoms with Gasteiger partial charge in [-0.05, 0) is 12.1 Å². The molecule has 0 atom stereocenters. The molecule has 0 spiro atoms. The SMILES string of the molecule is Cc1nc(CN2CCN(c3ccc(Cl)c(C#N)n3)CC2)no1. The molecule has 114 valence electrons. The first-order valence-electron chi connectivity index (χ1n) is 6.99. The van der Waals surface area contributed by atoms with Crippen LogP contribution in [0.3, 0.4) is 0 Å². The second-order valence-corrected chi connectivity index (χ2v) is 5.51. The zero-order valence-electron chi connectivity index (χ0n) is 12.2. The van der Waals surface area contributed by atoms with Crippen molar-refractivity contribution in [1.82, 2.24) is 20.0 Å². The van der Waals surface area contributed by atoms with Crippen molar-refractivity contribution in [2.24, 2.45) is 0 Å². The predicted molar refractivity (Wildman–Crippen MR) is 80.5 cm³/mol. The summed E-state index contributed by atoms with van der Waals surface area (Å²) in [5.41, 5.74) is 0.267. The van der Waals surface area contributed by atoms with Crippen LogP contribution in [0, 0.1) is 18.3 Å². The van der Waals surface area contributed by atoms with Gasteiger partial charge < -0.3 is 9.42 Å². The Morgan fingerprint density at radius 1 is 1.27 bits per heavy atom. The van der Waals surface area contributed by atoms with Gasteiger partial charge in [0.1, 0.15) is 11.9 Å². The Morgan fingerprint density at radius 2 is 2.05 bits per heavy atom. The van der Waals surface area contributed by atoms with Gasteiger partial charge in [-0.3, -0.25) is 4.90 Å². The Morgan fingerprint density at radius 3 is 2.68 bits per heavy atom. The summed E-state index contributed by atoms with van der Waals surface area (Å²) in [4.78, 5) is 12.9. The van der Waals surface area contributed by atoms with Gasteiger partial charge in [-0.1, -0.05) is 16.8 Å². The number of anilines is 1. The molecule has 0 radical (unpaired) electrons. The summed E-state index contributed by atoms with van der Waals surface area (Å²) in [7, 11) is 0. The van der Waals surface area contributed by atoms with Crippen molar-refractivity contribution in [1.29, 1.82) is 5.26 Å². The van der Waals surface area contributed by atoms with Crippen LogP contribution in [-0.2, 0) is 6.54 Å². The Bertz CT molecular complexity index is 702. The van der Waals surface area contributed by atoms with Gasteiger partial charge in [0.05, 0.1) is 11.6 Å². The number of hydrogen-bond donors (Lipinski definition) is 0. The average Bonchev–Trinajstić information content (AvgIpc) is 2.94. The molecule has 3 heterocycles. The zero-order chi connectivity index (χ0) is 15.5. The van der Waals surface area contributed by atoms with Gasteiger partial charge in [0.25, 0.3) is 0 Å². The third kappa shape index (κ3) is 3.18. The zero-order valence-corrected chi connectivity index (χ0v) is 12.9. The Balaban J connectivity index is 1.61. The molecule has 1 fully saturated rings. The van der Waals surface area contributed by atoms with Crippen LogP contribution in [0.15, 0.2) is 16.7 Å². The van der Waals surface area contributed by atoms with E-state index in [1.807, 2.05) is 12.1 Å². The Hall–Kier alpha value is -2.17. The molecule has 0 bridgehead atoms. The Kier molecular flexibility index (Phi) is 4.22. The van der Waals surface area contributed by atoms with Crippen LogP contribution < -0.4 is 4.90 Å². The van der Waals surface area contributed by atoms with E-state index in [0.29, 0.717) is 23.3 Å². The lowest BCUT2D eigenvalue weighted by molar-refractivity contribution is 0.239. The van der Waals surface area contributed by atoms with Gasteiger partial charge in [-0.2, -0.15) is 10.2 Å². The minimum absolute atomic E-state index is 0.267. The fourth-order valence-corrected chi connectivity index (χ4v) is 2.57. The first kappa shape index (κ1) is 14.8. The number of hydrogen-bond acceptors (Lipinski definition) is 7. The molecule has 22 heavy (non-hydrogen) atoms. The molecule has 0 aromatic carbocycles. The average molecular weight is 319 g/mol. The molecule has 0 amide bonds.